The van der Waals surface area contributed by atoms with Crippen LogP contribution in [0.15, 0.2) is 54.6 Å². The van der Waals surface area contributed by atoms with Crippen LogP contribution < -0.4 is 5.32 Å². The van der Waals surface area contributed by atoms with Crippen molar-refractivity contribution in [3.63, 3.8) is 0 Å². The van der Waals surface area contributed by atoms with Crippen molar-refractivity contribution in [3.8, 4) is 0 Å². The number of rotatable bonds is 5. The molecule has 5 heteroatoms. The van der Waals surface area contributed by atoms with Crippen molar-refractivity contribution < 1.29 is 14.0 Å². The van der Waals surface area contributed by atoms with E-state index in [-0.39, 0.29) is 36.6 Å². The number of benzene rings is 2. The van der Waals surface area contributed by atoms with Gasteiger partial charge in [0, 0.05) is 25.1 Å². The SMILES string of the molecule is C[C@@H](c1ccccc1)N1C[C@@H](C(=O)NCc2ccccc2F)CC1=O. The van der Waals surface area contributed by atoms with E-state index in [2.05, 4.69) is 5.32 Å². The quantitative estimate of drug-likeness (QED) is 0.909. The molecule has 0 saturated carbocycles. The highest BCUT2D eigenvalue weighted by molar-refractivity contribution is 5.89. The lowest BCUT2D eigenvalue weighted by atomic mass is 10.1. The Bertz CT molecular complexity index is 763. The number of carbonyl (C=O) groups is 2. The van der Waals surface area contributed by atoms with E-state index >= 15 is 0 Å². The first-order chi connectivity index (χ1) is 12.1. The normalized spacial score (nSPS) is 18.2. The molecule has 2 amide bonds. The zero-order valence-corrected chi connectivity index (χ0v) is 14.1. The third kappa shape index (κ3) is 3.87. The Labute approximate surface area is 146 Å². The van der Waals surface area contributed by atoms with Crippen LogP contribution in [-0.4, -0.2) is 23.3 Å². The monoisotopic (exact) mass is 340 g/mol. The molecule has 1 heterocycles. The van der Waals surface area contributed by atoms with Crippen LogP contribution >= 0.6 is 0 Å². The molecule has 1 saturated heterocycles. The second-order valence-corrected chi connectivity index (χ2v) is 6.34. The maximum Gasteiger partial charge on any atom is 0.225 e. The highest BCUT2D eigenvalue weighted by Crippen LogP contribution is 2.28. The molecule has 4 nitrogen and oxygen atoms in total. The molecule has 3 rings (SSSR count). The lowest BCUT2D eigenvalue weighted by Gasteiger charge is -2.25. The number of likely N-dealkylation sites (tertiary alicyclic amines) is 1. The summed E-state index contributed by atoms with van der Waals surface area (Å²) in [6, 6.07) is 16.0. The van der Waals surface area contributed by atoms with E-state index < -0.39 is 5.92 Å². The summed E-state index contributed by atoms with van der Waals surface area (Å²) in [7, 11) is 0. The van der Waals surface area contributed by atoms with E-state index in [9.17, 15) is 14.0 Å². The molecule has 1 aliphatic heterocycles. The van der Waals surface area contributed by atoms with E-state index in [0.717, 1.165) is 5.56 Å². The van der Waals surface area contributed by atoms with E-state index in [4.69, 9.17) is 0 Å². The van der Waals surface area contributed by atoms with Crippen molar-refractivity contribution >= 4 is 11.8 Å². The minimum atomic E-state index is -0.398. The molecule has 1 aliphatic rings. The average Bonchev–Trinajstić information content (AvgIpc) is 3.03. The lowest BCUT2D eigenvalue weighted by molar-refractivity contribution is -0.130. The molecule has 0 bridgehead atoms. The van der Waals surface area contributed by atoms with Crippen molar-refractivity contribution in [3.05, 3.63) is 71.5 Å². The number of nitrogens with one attached hydrogen (secondary N) is 1. The Kier molecular flexibility index (Phi) is 5.12. The van der Waals surface area contributed by atoms with E-state index in [1.807, 2.05) is 37.3 Å². The van der Waals surface area contributed by atoms with Crippen LogP contribution in [0, 0.1) is 11.7 Å². The summed E-state index contributed by atoms with van der Waals surface area (Å²) >= 11 is 0. The zero-order valence-electron chi connectivity index (χ0n) is 14.1. The third-order valence-electron chi connectivity index (χ3n) is 4.69. The van der Waals surface area contributed by atoms with Gasteiger partial charge in [0.05, 0.1) is 12.0 Å². The maximum atomic E-state index is 13.6. The molecule has 0 unspecified atom stereocenters. The maximum absolute atomic E-state index is 13.6. The van der Waals surface area contributed by atoms with E-state index in [1.54, 1.807) is 23.1 Å². The van der Waals surface area contributed by atoms with Gasteiger partial charge in [-0.1, -0.05) is 48.5 Å². The van der Waals surface area contributed by atoms with Gasteiger partial charge in [-0.25, -0.2) is 4.39 Å². The van der Waals surface area contributed by atoms with Crippen LogP contribution in [0.2, 0.25) is 0 Å². The second kappa shape index (κ2) is 7.47. The van der Waals surface area contributed by atoms with Crippen LogP contribution in [0.25, 0.3) is 0 Å². The molecule has 130 valence electrons. The fourth-order valence-electron chi connectivity index (χ4n) is 3.16. The molecular formula is C20H21FN2O2. The van der Waals surface area contributed by atoms with Crippen molar-refractivity contribution in [1.82, 2.24) is 10.2 Å². The van der Waals surface area contributed by atoms with Crippen LogP contribution in [0.5, 0.6) is 0 Å². The first kappa shape index (κ1) is 17.1. The smallest absolute Gasteiger partial charge is 0.225 e. The molecule has 2 aromatic carbocycles. The minimum absolute atomic E-state index is 0.0256. The Balaban J connectivity index is 1.60. The molecule has 2 atom stereocenters. The Morgan fingerprint density at radius 2 is 1.88 bits per heavy atom. The van der Waals surface area contributed by atoms with Crippen molar-refractivity contribution in [1.29, 1.82) is 0 Å². The molecule has 0 aliphatic carbocycles. The summed E-state index contributed by atoms with van der Waals surface area (Å²) in [5.74, 6) is -0.975. The summed E-state index contributed by atoms with van der Waals surface area (Å²) in [4.78, 5) is 26.4. The summed E-state index contributed by atoms with van der Waals surface area (Å²) in [6.07, 6.45) is 0.195. The Hall–Kier alpha value is -2.69. The van der Waals surface area contributed by atoms with Crippen LogP contribution in [-0.2, 0) is 16.1 Å². The molecule has 0 spiro atoms. The van der Waals surface area contributed by atoms with Gasteiger partial charge in [0.15, 0.2) is 0 Å². The van der Waals surface area contributed by atoms with Crippen molar-refractivity contribution in [2.75, 3.05) is 6.54 Å². The number of nitrogens with zero attached hydrogens (tertiary/aromatic N) is 1. The fourth-order valence-corrected chi connectivity index (χ4v) is 3.16. The van der Waals surface area contributed by atoms with Crippen molar-refractivity contribution in [2.24, 2.45) is 5.92 Å². The predicted octanol–water partition coefficient (Wildman–Crippen LogP) is 3.05. The van der Waals surface area contributed by atoms with Crippen LogP contribution in [0.3, 0.4) is 0 Å². The van der Waals surface area contributed by atoms with Crippen LogP contribution in [0.1, 0.15) is 30.5 Å². The first-order valence-electron chi connectivity index (χ1n) is 8.42. The average molecular weight is 340 g/mol. The molecule has 1 N–H and O–H groups in total. The number of amides is 2. The van der Waals surface area contributed by atoms with Gasteiger partial charge in [0.25, 0.3) is 0 Å². The highest BCUT2D eigenvalue weighted by Gasteiger charge is 2.36. The zero-order chi connectivity index (χ0) is 17.8. The van der Waals surface area contributed by atoms with Crippen molar-refractivity contribution in [2.45, 2.75) is 25.9 Å². The van der Waals surface area contributed by atoms with Gasteiger partial charge < -0.3 is 10.2 Å². The van der Waals surface area contributed by atoms with Gasteiger partial charge in [-0.05, 0) is 18.6 Å². The summed E-state index contributed by atoms with van der Waals surface area (Å²) in [5.41, 5.74) is 1.48. The lowest BCUT2D eigenvalue weighted by Crippen LogP contribution is -2.33. The standard InChI is InChI=1S/C20H21FN2O2/c1-14(15-7-3-2-4-8-15)23-13-17(11-19(23)24)20(25)22-12-16-9-5-6-10-18(16)21/h2-10,14,17H,11-13H2,1H3,(H,22,25)/t14-,17-/m0/s1. The molecule has 0 radical (unpaired) electrons. The number of carbonyl (C=O) groups excluding carboxylic acids is 2. The molecule has 2 aromatic rings. The van der Waals surface area contributed by atoms with Crippen LogP contribution in [0.4, 0.5) is 4.39 Å². The van der Waals surface area contributed by atoms with Gasteiger partial charge in [-0.3, -0.25) is 9.59 Å². The van der Waals surface area contributed by atoms with E-state index in [1.165, 1.54) is 6.07 Å². The molecule has 1 fully saturated rings. The molecular weight excluding hydrogens is 319 g/mol. The van der Waals surface area contributed by atoms with Gasteiger partial charge in [-0.15, -0.1) is 0 Å². The summed E-state index contributed by atoms with van der Waals surface area (Å²) in [6.45, 7) is 2.48. The third-order valence-corrected chi connectivity index (χ3v) is 4.69. The van der Waals surface area contributed by atoms with E-state index in [0.29, 0.717) is 12.1 Å². The Morgan fingerprint density at radius 1 is 1.20 bits per heavy atom. The highest BCUT2D eigenvalue weighted by atomic mass is 19.1. The number of hydrogen-bond donors (Lipinski definition) is 1. The molecule has 25 heavy (non-hydrogen) atoms. The number of halogens is 1. The van der Waals surface area contributed by atoms with Gasteiger partial charge in [0.2, 0.25) is 11.8 Å². The summed E-state index contributed by atoms with van der Waals surface area (Å²) in [5, 5.41) is 2.74. The topological polar surface area (TPSA) is 49.4 Å². The van der Waals surface area contributed by atoms with Gasteiger partial charge >= 0.3 is 0 Å². The Morgan fingerprint density at radius 3 is 2.60 bits per heavy atom. The second-order valence-electron chi connectivity index (χ2n) is 6.34. The molecule has 0 aromatic heterocycles. The minimum Gasteiger partial charge on any atom is -0.352 e. The van der Waals surface area contributed by atoms with Gasteiger partial charge in [0.1, 0.15) is 5.82 Å². The van der Waals surface area contributed by atoms with Gasteiger partial charge in [-0.2, -0.15) is 0 Å². The number of hydrogen-bond acceptors (Lipinski definition) is 2. The summed E-state index contributed by atoms with van der Waals surface area (Å²) < 4.78 is 13.6. The first-order valence-corrected chi connectivity index (χ1v) is 8.42. The fraction of sp³-hybridized carbons (Fsp3) is 0.300. The predicted molar refractivity (Wildman–Crippen MR) is 92.9 cm³/mol. The largest absolute Gasteiger partial charge is 0.352 e.